The van der Waals surface area contributed by atoms with Crippen molar-refractivity contribution in [3.8, 4) is 62.1 Å². The second-order valence-electron chi connectivity index (χ2n) is 15.6. The zero-order valence-corrected chi connectivity index (χ0v) is 33.1. The van der Waals surface area contributed by atoms with Crippen LogP contribution in [0.25, 0.3) is 116 Å². The molecule has 0 saturated heterocycles. The summed E-state index contributed by atoms with van der Waals surface area (Å²) in [5, 5.41) is 9.91. The SMILES string of the molecule is c1ccc(-c2nc(-c3ccc(-c4ccc(-c5c6ccccc6cc6c5ccc5ccccc56)cc4)cc3)nc(-c3ccc4c(c3)c3ccccc3n4-c3ccccc3)n2)cc1. The zero-order chi connectivity index (χ0) is 40.3. The fourth-order valence-electron chi connectivity index (χ4n) is 9.09. The van der Waals surface area contributed by atoms with Crippen LogP contribution >= 0.6 is 0 Å². The van der Waals surface area contributed by atoms with E-state index in [1.807, 2.05) is 18.2 Å². The van der Waals surface area contributed by atoms with Crippen molar-refractivity contribution in [1.29, 1.82) is 0 Å². The van der Waals surface area contributed by atoms with Gasteiger partial charge in [-0.05, 0) is 97.0 Å². The van der Waals surface area contributed by atoms with Gasteiger partial charge in [0.1, 0.15) is 0 Å². The van der Waals surface area contributed by atoms with E-state index >= 15 is 0 Å². The Morgan fingerprint density at radius 1 is 0.262 bits per heavy atom. The second-order valence-corrected chi connectivity index (χ2v) is 15.6. The fraction of sp³-hybridized carbons (Fsp3) is 0. The molecule has 0 unspecified atom stereocenters. The number of rotatable bonds is 6. The predicted octanol–water partition coefficient (Wildman–Crippen LogP) is 14.8. The van der Waals surface area contributed by atoms with Crippen LogP contribution in [0.4, 0.5) is 0 Å². The van der Waals surface area contributed by atoms with Gasteiger partial charge in [0.25, 0.3) is 0 Å². The maximum Gasteiger partial charge on any atom is 0.164 e. The number of nitrogens with zero attached hydrogens (tertiary/aromatic N) is 4. The molecule has 0 aliphatic carbocycles. The highest BCUT2D eigenvalue weighted by Gasteiger charge is 2.17. The quantitative estimate of drug-likeness (QED) is 0.125. The van der Waals surface area contributed by atoms with Crippen LogP contribution in [0.3, 0.4) is 0 Å². The van der Waals surface area contributed by atoms with Crippen molar-refractivity contribution in [2.75, 3.05) is 0 Å². The van der Waals surface area contributed by atoms with Crippen LogP contribution in [-0.2, 0) is 0 Å². The van der Waals surface area contributed by atoms with Crippen molar-refractivity contribution in [3.05, 3.63) is 218 Å². The molecule has 0 aliphatic heterocycles. The maximum atomic E-state index is 5.14. The molecule has 0 atom stereocenters. The summed E-state index contributed by atoms with van der Waals surface area (Å²) in [6.07, 6.45) is 0. The Bertz CT molecular complexity index is 3610. The predicted molar refractivity (Wildman–Crippen MR) is 254 cm³/mol. The molecule has 0 saturated carbocycles. The Kier molecular flexibility index (Phi) is 8.13. The van der Waals surface area contributed by atoms with Crippen LogP contribution in [0.15, 0.2) is 218 Å². The lowest BCUT2D eigenvalue weighted by Gasteiger charge is -2.14. The van der Waals surface area contributed by atoms with Crippen LogP contribution in [-0.4, -0.2) is 19.5 Å². The molecule has 10 aromatic carbocycles. The molecule has 12 rings (SSSR count). The third kappa shape index (κ3) is 5.96. The monoisotopic (exact) mass is 776 g/mol. The van der Waals surface area contributed by atoms with Gasteiger partial charge in [0.15, 0.2) is 17.5 Å². The Hall–Kier alpha value is -8.21. The lowest BCUT2D eigenvalue weighted by molar-refractivity contribution is 1.07. The van der Waals surface area contributed by atoms with E-state index in [4.69, 9.17) is 15.0 Å². The van der Waals surface area contributed by atoms with E-state index in [1.54, 1.807) is 0 Å². The summed E-state index contributed by atoms with van der Waals surface area (Å²) in [6, 6.07) is 77.6. The highest BCUT2D eigenvalue weighted by molar-refractivity contribution is 6.20. The van der Waals surface area contributed by atoms with Crippen molar-refractivity contribution in [2.24, 2.45) is 0 Å². The number of para-hydroxylation sites is 2. The van der Waals surface area contributed by atoms with Crippen LogP contribution in [0.2, 0.25) is 0 Å². The van der Waals surface area contributed by atoms with E-state index in [0.717, 1.165) is 49.9 Å². The first kappa shape index (κ1) is 34.8. The van der Waals surface area contributed by atoms with Gasteiger partial charge in [0.2, 0.25) is 0 Å². The third-order valence-electron chi connectivity index (χ3n) is 12.0. The summed E-state index contributed by atoms with van der Waals surface area (Å²) < 4.78 is 2.32. The first-order valence-electron chi connectivity index (χ1n) is 20.7. The molecule has 4 nitrogen and oxygen atoms in total. The Morgan fingerprint density at radius 2 is 0.770 bits per heavy atom. The molecule has 0 aliphatic rings. The maximum absolute atomic E-state index is 5.14. The van der Waals surface area contributed by atoms with Crippen LogP contribution in [0.5, 0.6) is 0 Å². The molecule has 0 spiro atoms. The molecule has 0 amide bonds. The number of benzene rings is 10. The van der Waals surface area contributed by atoms with Gasteiger partial charge in [-0.1, -0.05) is 176 Å². The van der Waals surface area contributed by atoms with Crippen molar-refractivity contribution < 1.29 is 0 Å². The average molecular weight is 777 g/mol. The van der Waals surface area contributed by atoms with Crippen molar-refractivity contribution >= 4 is 54.1 Å². The normalized spacial score (nSPS) is 11.6. The first-order valence-corrected chi connectivity index (χ1v) is 20.7. The average Bonchev–Trinajstić information content (AvgIpc) is 3.67. The molecule has 0 bridgehead atoms. The summed E-state index contributed by atoms with van der Waals surface area (Å²) in [6.45, 7) is 0. The number of aromatic nitrogens is 4. The van der Waals surface area contributed by atoms with Gasteiger partial charge in [-0.3, -0.25) is 0 Å². The minimum atomic E-state index is 0.632. The van der Waals surface area contributed by atoms with Gasteiger partial charge in [-0.2, -0.15) is 0 Å². The molecule has 284 valence electrons. The topological polar surface area (TPSA) is 43.6 Å². The largest absolute Gasteiger partial charge is 0.309 e. The fourth-order valence-corrected chi connectivity index (χ4v) is 9.09. The van der Waals surface area contributed by atoms with E-state index in [9.17, 15) is 0 Å². The van der Waals surface area contributed by atoms with Crippen molar-refractivity contribution in [1.82, 2.24) is 19.5 Å². The highest BCUT2D eigenvalue weighted by atomic mass is 15.0. The second kappa shape index (κ2) is 14.3. The minimum Gasteiger partial charge on any atom is -0.309 e. The summed E-state index contributed by atoms with van der Waals surface area (Å²) in [5.41, 5.74) is 11.0. The van der Waals surface area contributed by atoms with Crippen molar-refractivity contribution in [3.63, 3.8) is 0 Å². The summed E-state index contributed by atoms with van der Waals surface area (Å²) >= 11 is 0. The molecule has 0 radical (unpaired) electrons. The lowest BCUT2D eigenvalue weighted by Crippen LogP contribution is -2.00. The van der Waals surface area contributed by atoms with E-state index in [-0.39, 0.29) is 0 Å². The summed E-state index contributed by atoms with van der Waals surface area (Å²) in [4.78, 5) is 15.3. The molecule has 0 N–H and O–H groups in total. The summed E-state index contributed by atoms with van der Waals surface area (Å²) in [5.74, 6) is 1.91. The van der Waals surface area contributed by atoms with Gasteiger partial charge in [-0.15, -0.1) is 0 Å². The van der Waals surface area contributed by atoms with Gasteiger partial charge >= 0.3 is 0 Å². The van der Waals surface area contributed by atoms with Crippen LogP contribution in [0, 0.1) is 0 Å². The first-order chi connectivity index (χ1) is 30.2. The number of hydrogen-bond acceptors (Lipinski definition) is 3. The smallest absolute Gasteiger partial charge is 0.164 e. The van der Waals surface area contributed by atoms with E-state index in [0.29, 0.717) is 17.5 Å². The van der Waals surface area contributed by atoms with Gasteiger partial charge in [0, 0.05) is 33.2 Å². The third-order valence-corrected chi connectivity index (χ3v) is 12.0. The molecule has 4 heteroatoms. The Balaban J connectivity index is 0.925. The molecule has 2 heterocycles. The lowest BCUT2D eigenvalue weighted by atomic mass is 9.89. The van der Waals surface area contributed by atoms with Gasteiger partial charge in [0.05, 0.1) is 11.0 Å². The number of fused-ring (bicyclic) bond motifs is 7. The molecule has 0 fully saturated rings. The highest BCUT2D eigenvalue weighted by Crippen LogP contribution is 2.40. The standard InChI is InChI=1S/C57H36N4/c1-3-14-41(15-4-1)55-58-56(60-57(59-55)44-32-34-53-51(36-44)48-21-11-12-22-52(48)61(53)45-17-5-2-6-18-45)42-29-25-38(26-30-42)37-23-27-40(28-24-37)54-47-20-10-8-16-43(47)35-50-46-19-9-7-13-39(46)31-33-49(50)54/h1-36H. The Morgan fingerprint density at radius 3 is 1.49 bits per heavy atom. The molecular weight excluding hydrogens is 741 g/mol. The van der Waals surface area contributed by atoms with Crippen LogP contribution < -0.4 is 0 Å². The summed E-state index contributed by atoms with van der Waals surface area (Å²) in [7, 11) is 0. The number of hydrogen-bond donors (Lipinski definition) is 0. The van der Waals surface area contributed by atoms with Gasteiger partial charge < -0.3 is 4.57 Å². The van der Waals surface area contributed by atoms with E-state index in [1.165, 1.54) is 48.8 Å². The van der Waals surface area contributed by atoms with Crippen molar-refractivity contribution in [2.45, 2.75) is 0 Å². The molecule has 61 heavy (non-hydrogen) atoms. The molecule has 12 aromatic rings. The van der Waals surface area contributed by atoms with Crippen LogP contribution in [0.1, 0.15) is 0 Å². The zero-order valence-electron chi connectivity index (χ0n) is 33.1. The molecular formula is C57H36N4. The van der Waals surface area contributed by atoms with E-state index < -0.39 is 0 Å². The minimum absolute atomic E-state index is 0.632. The Labute approximate surface area is 352 Å². The van der Waals surface area contributed by atoms with E-state index in [2.05, 4.69) is 205 Å². The molecule has 2 aromatic heterocycles. The van der Waals surface area contributed by atoms with Gasteiger partial charge in [-0.25, -0.2) is 15.0 Å².